The Morgan fingerprint density at radius 1 is 1.23 bits per heavy atom. The molecule has 0 aliphatic rings. The highest BCUT2D eigenvalue weighted by atomic mass is 32.2. The lowest BCUT2D eigenvalue weighted by atomic mass is 10.2. The summed E-state index contributed by atoms with van der Waals surface area (Å²) in [5.41, 5.74) is 6.93. The van der Waals surface area contributed by atoms with Crippen molar-refractivity contribution >= 4 is 23.6 Å². The molecule has 0 aromatic carbocycles. The smallest absolute Gasteiger partial charge is 0.273 e. The van der Waals surface area contributed by atoms with Crippen molar-refractivity contribution in [1.82, 2.24) is 16.0 Å². The molecule has 0 saturated heterocycles. The number of carbonyl (C=O) groups is 2. The van der Waals surface area contributed by atoms with E-state index < -0.39 is 5.91 Å². The summed E-state index contributed by atoms with van der Waals surface area (Å²) in [6.45, 7) is 5.37. The Balaban J connectivity index is 1.72. The van der Waals surface area contributed by atoms with E-state index in [9.17, 15) is 9.59 Å². The molecule has 2 aromatic rings. The zero-order chi connectivity index (χ0) is 16.1. The van der Waals surface area contributed by atoms with E-state index in [1.807, 2.05) is 13.8 Å². The molecule has 0 fully saturated rings. The van der Waals surface area contributed by atoms with Crippen LogP contribution >= 0.6 is 11.8 Å². The number of hydrazine groups is 1. The van der Waals surface area contributed by atoms with E-state index in [4.69, 9.17) is 8.94 Å². The average Bonchev–Trinajstić information content (AvgIpc) is 3.04. The lowest BCUT2D eigenvalue weighted by molar-refractivity contribution is -0.119. The molecule has 0 radical (unpaired) electrons. The Labute approximate surface area is 131 Å². The van der Waals surface area contributed by atoms with Gasteiger partial charge in [-0.3, -0.25) is 20.4 Å². The molecule has 22 heavy (non-hydrogen) atoms. The summed E-state index contributed by atoms with van der Waals surface area (Å²) in [4.78, 5) is 23.5. The van der Waals surface area contributed by atoms with Gasteiger partial charge in [-0.15, -0.1) is 11.8 Å². The number of rotatable bonds is 5. The van der Waals surface area contributed by atoms with Crippen molar-refractivity contribution < 1.29 is 18.5 Å². The van der Waals surface area contributed by atoms with Crippen molar-refractivity contribution in [2.24, 2.45) is 0 Å². The SMILES string of the molecule is Cc1noc(C)c1CSCC(=O)NNC(=O)c1ccoc1C. The Bertz CT molecular complexity index is 658. The number of carbonyl (C=O) groups excluding carboxylic acids is 2. The topological polar surface area (TPSA) is 97.4 Å². The molecule has 2 heterocycles. The van der Waals surface area contributed by atoms with Crippen LogP contribution in [-0.4, -0.2) is 22.7 Å². The molecule has 0 bridgehead atoms. The van der Waals surface area contributed by atoms with Gasteiger partial charge >= 0.3 is 0 Å². The quantitative estimate of drug-likeness (QED) is 0.816. The lowest BCUT2D eigenvalue weighted by Crippen LogP contribution is -2.42. The predicted octanol–water partition coefficient (Wildman–Crippen LogP) is 1.89. The molecule has 2 N–H and O–H groups in total. The maximum Gasteiger partial charge on any atom is 0.273 e. The summed E-state index contributed by atoms with van der Waals surface area (Å²) in [7, 11) is 0. The summed E-state index contributed by atoms with van der Waals surface area (Å²) in [5.74, 6) is 1.41. The molecule has 0 unspecified atom stereocenters. The first kappa shape index (κ1) is 16.2. The highest BCUT2D eigenvalue weighted by Crippen LogP contribution is 2.19. The highest BCUT2D eigenvalue weighted by Gasteiger charge is 2.13. The maximum atomic E-state index is 11.8. The van der Waals surface area contributed by atoms with E-state index >= 15 is 0 Å². The van der Waals surface area contributed by atoms with Crippen LogP contribution in [0.4, 0.5) is 0 Å². The molecule has 2 amide bonds. The van der Waals surface area contributed by atoms with E-state index in [-0.39, 0.29) is 11.7 Å². The normalized spacial score (nSPS) is 10.5. The zero-order valence-corrected chi connectivity index (χ0v) is 13.4. The van der Waals surface area contributed by atoms with Crippen LogP contribution in [0.1, 0.15) is 33.1 Å². The molecular weight excluding hydrogens is 306 g/mol. The molecule has 0 spiro atoms. The number of hydrogen-bond donors (Lipinski definition) is 2. The van der Waals surface area contributed by atoms with Crippen LogP contribution < -0.4 is 10.9 Å². The first-order valence-corrected chi connectivity index (χ1v) is 7.77. The third kappa shape index (κ3) is 3.91. The third-order valence-electron chi connectivity index (χ3n) is 3.08. The molecule has 7 nitrogen and oxygen atoms in total. The fourth-order valence-corrected chi connectivity index (χ4v) is 2.78. The van der Waals surface area contributed by atoms with Crippen molar-refractivity contribution in [3.8, 4) is 0 Å². The number of nitrogens with one attached hydrogen (secondary N) is 2. The van der Waals surface area contributed by atoms with Gasteiger partial charge in [0.2, 0.25) is 5.91 Å². The van der Waals surface area contributed by atoms with Gasteiger partial charge in [0.25, 0.3) is 5.91 Å². The summed E-state index contributed by atoms with van der Waals surface area (Å²) in [6.07, 6.45) is 1.42. The van der Waals surface area contributed by atoms with E-state index in [2.05, 4.69) is 16.0 Å². The van der Waals surface area contributed by atoms with Crippen LogP contribution in [0, 0.1) is 20.8 Å². The fraction of sp³-hybridized carbons (Fsp3) is 0.357. The second-order valence-electron chi connectivity index (χ2n) is 4.69. The Morgan fingerprint density at radius 2 is 2.00 bits per heavy atom. The maximum absolute atomic E-state index is 11.8. The van der Waals surface area contributed by atoms with Gasteiger partial charge in [0.05, 0.1) is 23.3 Å². The molecule has 118 valence electrons. The van der Waals surface area contributed by atoms with Gasteiger partial charge in [0, 0.05) is 11.3 Å². The van der Waals surface area contributed by atoms with Gasteiger partial charge in [-0.1, -0.05) is 5.16 Å². The molecule has 8 heteroatoms. The van der Waals surface area contributed by atoms with Gasteiger partial charge in [-0.05, 0) is 26.8 Å². The second-order valence-corrected chi connectivity index (χ2v) is 5.67. The number of nitrogens with zero attached hydrogens (tertiary/aromatic N) is 1. The van der Waals surface area contributed by atoms with Crippen LogP contribution in [0.2, 0.25) is 0 Å². The average molecular weight is 323 g/mol. The number of furan rings is 1. The molecule has 0 aliphatic carbocycles. The number of aryl methyl sites for hydroxylation is 3. The summed E-state index contributed by atoms with van der Waals surface area (Å²) < 4.78 is 10.1. The van der Waals surface area contributed by atoms with Crippen molar-refractivity contribution in [3.05, 3.63) is 40.7 Å². The van der Waals surface area contributed by atoms with E-state index in [1.165, 1.54) is 18.0 Å². The fourth-order valence-electron chi connectivity index (χ4n) is 1.80. The van der Waals surface area contributed by atoms with Crippen molar-refractivity contribution in [2.75, 3.05) is 5.75 Å². The summed E-state index contributed by atoms with van der Waals surface area (Å²) in [6, 6.07) is 1.54. The van der Waals surface area contributed by atoms with Crippen LogP contribution in [0.25, 0.3) is 0 Å². The molecule has 0 saturated carbocycles. The van der Waals surface area contributed by atoms with Gasteiger partial charge < -0.3 is 8.94 Å². The Hall–Kier alpha value is -2.22. The van der Waals surface area contributed by atoms with Crippen molar-refractivity contribution in [3.63, 3.8) is 0 Å². The van der Waals surface area contributed by atoms with E-state index in [1.54, 1.807) is 13.0 Å². The Morgan fingerprint density at radius 3 is 2.59 bits per heavy atom. The van der Waals surface area contributed by atoms with Gasteiger partial charge in [0.1, 0.15) is 11.5 Å². The van der Waals surface area contributed by atoms with Crippen molar-refractivity contribution in [2.45, 2.75) is 26.5 Å². The standard InChI is InChI=1S/C14H17N3O4S/c1-8-12(10(3)21-17-8)6-22-7-13(18)15-16-14(19)11-4-5-20-9(11)2/h4-5H,6-7H2,1-3H3,(H,15,18)(H,16,19). The summed E-state index contributed by atoms with van der Waals surface area (Å²) >= 11 is 1.42. The minimum atomic E-state index is -0.407. The minimum absolute atomic E-state index is 0.217. The minimum Gasteiger partial charge on any atom is -0.469 e. The van der Waals surface area contributed by atoms with E-state index in [0.717, 1.165) is 17.0 Å². The monoisotopic (exact) mass is 323 g/mol. The van der Waals surface area contributed by atoms with Crippen molar-refractivity contribution in [1.29, 1.82) is 0 Å². The Kier molecular flexibility index (Phi) is 5.26. The summed E-state index contributed by atoms with van der Waals surface area (Å²) in [5, 5.41) is 3.86. The molecular formula is C14H17N3O4S. The highest BCUT2D eigenvalue weighted by molar-refractivity contribution is 7.99. The lowest BCUT2D eigenvalue weighted by Gasteiger charge is -2.06. The predicted molar refractivity (Wildman–Crippen MR) is 81.2 cm³/mol. The first-order valence-electron chi connectivity index (χ1n) is 6.61. The third-order valence-corrected chi connectivity index (χ3v) is 4.04. The van der Waals surface area contributed by atoms with Gasteiger partial charge in [-0.25, -0.2) is 0 Å². The van der Waals surface area contributed by atoms with Gasteiger partial charge in [-0.2, -0.15) is 0 Å². The van der Waals surface area contributed by atoms with Crippen LogP contribution in [0.3, 0.4) is 0 Å². The molecule has 0 atom stereocenters. The van der Waals surface area contributed by atoms with Crippen LogP contribution in [-0.2, 0) is 10.5 Å². The van der Waals surface area contributed by atoms with E-state index in [0.29, 0.717) is 17.1 Å². The molecule has 0 aliphatic heterocycles. The van der Waals surface area contributed by atoms with Crippen LogP contribution in [0.15, 0.2) is 21.3 Å². The molecule has 2 rings (SSSR count). The number of amides is 2. The number of thioether (sulfide) groups is 1. The second kappa shape index (κ2) is 7.17. The first-order chi connectivity index (χ1) is 10.5. The largest absolute Gasteiger partial charge is 0.469 e. The number of hydrogen-bond acceptors (Lipinski definition) is 6. The zero-order valence-electron chi connectivity index (χ0n) is 12.6. The van der Waals surface area contributed by atoms with Gasteiger partial charge in [0.15, 0.2) is 0 Å². The number of aromatic nitrogens is 1. The van der Waals surface area contributed by atoms with Crippen LogP contribution in [0.5, 0.6) is 0 Å². The molecule has 2 aromatic heterocycles.